The Balaban J connectivity index is 0.000000132. The second kappa shape index (κ2) is 15.2. The van der Waals surface area contributed by atoms with E-state index in [2.05, 4.69) is 30.4 Å². The zero-order valence-electron chi connectivity index (χ0n) is 29.6. The molecule has 276 valence electrons. The molecule has 10 heterocycles. The van der Waals surface area contributed by atoms with Crippen molar-refractivity contribution < 1.29 is 19.1 Å². The quantitative estimate of drug-likeness (QED) is 0.236. The third-order valence-corrected chi connectivity index (χ3v) is 11.6. The first-order chi connectivity index (χ1) is 24.8. The number of hydrogen-bond acceptors (Lipinski definition) is 11. The molecule has 8 aliphatic heterocycles. The number of amidine groups is 2. The van der Waals surface area contributed by atoms with E-state index in [1.54, 1.807) is 20.4 Å². The van der Waals surface area contributed by atoms with Gasteiger partial charge in [-0.05, 0) is 117 Å². The Hall–Kier alpha value is -3.94. The highest BCUT2D eigenvalue weighted by molar-refractivity contribution is 6.30. The van der Waals surface area contributed by atoms with Gasteiger partial charge in [0.05, 0.1) is 20.6 Å². The fraction of sp³-hybridized carbons (Fsp3) is 0.474. The van der Waals surface area contributed by atoms with Crippen molar-refractivity contribution in [3.63, 3.8) is 0 Å². The lowest BCUT2D eigenvalue weighted by molar-refractivity contribution is -0.150. The molecule has 12 nitrogen and oxygen atoms in total. The molecule has 0 saturated carbocycles. The molecule has 7 fully saturated rings. The maximum Gasteiger partial charge on any atom is 0.160 e. The Bertz CT molecular complexity index is 1970. The number of aliphatic imine (C=N–C) groups is 1. The number of halogens is 2. The van der Waals surface area contributed by atoms with Gasteiger partial charge < -0.3 is 24.9 Å². The van der Waals surface area contributed by atoms with Gasteiger partial charge in [-0.2, -0.15) is 0 Å². The van der Waals surface area contributed by atoms with Crippen LogP contribution in [-0.2, 0) is 9.68 Å². The molecule has 2 aromatic carbocycles. The summed E-state index contributed by atoms with van der Waals surface area (Å²) in [5.41, 5.74) is 8.62. The number of ether oxygens (including phenoxy) is 2. The van der Waals surface area contributed by atoms with Crippen molar-refractivity contribution in [3.05, 3.63) is 66.1 Å². The number of piperidine rings is 6. The Morgan fingerprint density at radius 3 is 1.90 bits per heavy atom. The molecule has 4 aromatic rings. The SMILES string of the molecule is COc1ccc2cnc(Cl)cc2c1.COc1ccc2cnc(N=C3C[C@@]4(CN5CCC4CC5)ON3)cc2c1.Cl.NC1=NO[C@@]2(C1)CN1CCC2CC1. The molecule has 7 saturated heterocycles. The molecule has 3 N–H and O–H groups in total. The minimum Gasteiger partial charge on any atom is -0.497 e. The summed E-state index contributed by atoms with van der Waals surface area (Å²) in [6.07, 6.45) is 10.2. The molecule has 4 bridgehead atoms. The monoisotopic (exact) mass is 748 g/mol. The van der Waals surface area contributed by atoms with E-state index < -0.39 is 0 Å². The normalized spacial score (nSPS) is 30.1. The van der Waals surface area contributed by atoms with E-state index in [1.165, 1.54) is 51.9 Å². The Morgan fingerprint density at radius 2 is 1.37 bits per heavy atom. The second-order valence-corrected chi connectivity index (χ2v) is 14.9. The van der Waals surface area contributed by atoms with E-state index in [1.807, 2.05) is 54.7 Å². The summed E-state index contributed by atoms with van der Waals surface area (Å²) >= 11 is 5.76. The van der Waals surface area contributed by atoms with Crippen LogP contribution in [0.4, 0.5) is 5.82 Å². The zero-order valence-corrected chi connectivity index (χ0v) is 31.2. The van der Waals surface area contributed by atoms with Crippen molar-refractivity contribution in [3.8, 4) is 11.5 Å². The number of nitrogens with zero attached hydrogens (tertiary/aromatic N) is 6. The topological polar surface area (TPSA) is 132 Å². The third kappa shape index (κ3) is 7.45. The highest BCUT2D eigenvalue weighted by Gasteiger charge is 2.53. The van der Waals surface area contributed by atoms with E-state index in [-0.39, 0.29) is 23.6 Å². The highest BCUT2D eigenvalue weighted by Crippen LogP contribution is 2.44. The van der Waals surface area contributed by atoms with Crippen molar-refractivity contribution in [1.29, 1.82) is 0 Å². The maximum atomic E-state index is 6.05. The van der Waals surface area contributed by atoms with Crippen LogP contribution in [0, 0.1) is 11.8 Å². The fourth-order valence-electron chi connectivity index (χ4n) is 8.62. The Morgan fingerprint density at radius 1 is 0.788 bits per heavy atom. The van der Waals surface area contributed by atoms with Crippen LogP contribution in [0.3, 0.4) is 0 Å². The molecule has 0 unspecified atom stereocenters. The first-order valence-corrected chi connectivity index (χ1v) is 18.2. The van der Waals surface area contributed by atoms with Gasteiger partial charge in [0.25, 0.3) is 0 Å². The summed E-state index contributed by atoms with van der Waals surface area (Å²) < 4.78 is 10.4. The first kappa shape index (κ1) is 36.4. The number of benzene rings is 2. The molecule has 2 atom stereocenters. The number of pyridine rings is 2. The minimum absolute atomic E-state index is 0. The Kier molecular flexibility index (Phi) is 10.6. The van der Waals surface area contributed by atoms with Gasteiger partial charge >= 0.3 is 0 Å². The van der Waals surface area contributed by atoms with E-state index in [0.717, 1.165) is 64.8 Å². The summed E-state index contributed by atoms with van der Waals surface area (Å²) in [6, 6.07) is 15.6. The van der Waals surface area contributed by atoms with Crippen LogP contribution < -0.4 is 20.7 Å². The molecular weight excluding hydrogens is 703 g/mol. The smallest absolute Gasteiger partial charge is 0.160 e. The van der Waals surface area contributed by atoms with E-state index in [9.17, 15) is 0 Å². The third-order valence-electron chi connectivity index (χ3n) is 11.4. The van der Waals surface area contributed by atoms with E-state index in [4.69, 9.17) is 41.5 Å². The fourth-order valence-corrected chi connectivity index (χ4v) is 8.79. The van der Waals surface area contributed by atoms with Crippen LogP contribution in [0.25, 0.3) is 21.5 Å². The summed E-state index contributed by atoms with van der Waals surface area (Å²) in [7, 11) is 3.32. The number of hydroxylamine groups is 1. The number of fused-ring (bicyclic) bond motifs is 6. The molecule has 0 radical (unpaired) electrons. The maximum absolute atomic E-state index is 6.05. The van der Waals surface area contributed by atoms with Gasteiger partial charge in [0.15, 0.2) is 11.4 Å². The van der Waals surface area contributed by atoms with Crippen LogP contribution in [0.2, 0.25) is 5.15 Å². The van der Waals surface area contributed by atoms with Crippen LogP contribution in [0.1, 0.15) is 38.5 Å². The van der Waals surface area contributed by atoms with Gasteiger partial charge in [0.2, 0.25) is 0 Å². The van der Waals surface area contributed by atoms with Crippen molar-refractivity contribution in [1.82, 2.24) is 25.2 Å². The zero-order chi connectivity index (χ0) is 35.0. The van der Waals surface area contributed by atoms with Crippen molar-refractivity contribution in [2.45, 2.75) is 49.7 Å². The molecule has 2 aromatic heterocycles. The average molecular weight is 750 g/mol. The molecular formula is C38H46Cl2N8O4. The minimum atomic E-state index is -0.102. The van der Waals surface area contributed by atoms with Gasteiger partial charge in [-0.1, -0.05) is 16.8 Å². The standard InChI is InChI=1S/C19H22N4O2.C10H8ClNO.C9H15N3O.ClH/c1-24-16-3-2-13-11-20-17(9-14(13)8-16)21-18-10-19(25-22-18)12-23-6-4-15(19)5-7-23;1-13-9-3-2-7-6-12-10(11)5-8(7)4-9;10-8-5-9(13-11-8)6-12-3-1-7(9)2-4-12;/h2-3,8-9,11,15H,4-7,10,12H2,1H3,(H,20,21,22);2-6H,1H3;7H,1-6H2,(H2,10,11);1H/t19-;;9-;/m0.0./s1. The predicted octanol–water partition coefficient (Wildman–Crippen LogP) is 6.12. The number of hydrogen-bond donors (Lipinski definition) is 2. The lowest BCUT2D eigenvalue weighted by Crippen LogP contribution is -2.59. The van der Waals surface area contributed by atoms with Gasteiger partial charge in [-0.25, -0.2) is 15.0 Å². The summed E-state index contributed by atoms with van der Waals surface area (Å²) in [5, 5.41) is 8.65. The van der Waals surface area contributed by atoms with Gasteiger partial charge in [-0.15, -0.1) is 12.4 Å². The van der Waals surface area contributed by atoms with Crippen molar-refractivity contribution in [2.75, 3.05) is 53.5 Å². The van der Waals surface area contributed by atoms with Gasteiger partial charge in [-0.3, -0.25) is 15.2 Å². The molecule has 0 amide bonds. The molecule has 8 aliphatic rings. The number of rotatable bonds is 3. The second-order valence-electron chi connectivity index (χ2n) is 14.5. The van der Waals surface area contributed by atoms with E-state index >= 15 is 0 Å². The summed E-state index contributed by atoms with van der Waals surface area (Å²) in [4.78, 5) is 29.7. The number of methoxy groups -OCH3 is 2. The highest BCUT2D eigenvalue weighted by atomic mass is 35.5. The van der Waals surface area contributed by atoms with Gasteiger partial charge in [0, 0.05) is 48.6 Å². The summed E-state index contributed by atoms with van der Waals surface area (Å²) in [6.45, 7) is 6.91. The largest absolute Gasteiger partial charge is 0.497 e. The van der Waals surface area contributed by atoms with Crippen molar-refractivity contribution >= 4 is 63.0 Å². The number of oxime groups is 1. The van der Waals surface area contributed by atoms with Gasteiger partial charge in [0.1, 0.15) is 33.9 Å². The van der Waals surface area contributed by atoms with Crippen LogP contribution in [0.5, 0.6) is 11.5 Å². The molecule has 0 aliphatic carbocycles. The first-order valence-electron chi connectivity index (χ1n) is 17.8. The number of nitrogens with two attached hydrogens (primary N) is 1. The number of aromatic nitrogens is 2. The Labute approximate surface area is 315 Å². The number of nitrogens with one attached hydrogen (secondary N) is 1. The van der Waals surface area contributed by atoms with E-state index in [0.29, 0.717) is 28.6 Å². The van der Waals surface area contributed by atoms with Crippen LogP contribution in [0.15, 0.2) is 71.1 Å². The molecule has 52 heavy (non-hydrogen) atoms. The van der Waals surface area contributed by atoms with Crippen LogP contribution >= 0.6 is 24.0 Å². The molecule has 2 spiro atoms. The average Bonchev–Trinajstić information content (AvgIpc) is 3.73. The summed E-state index contributed by atoms with van der Waals surface area (Å²) in [5.74, 6) is 5.23. The van der Waals surface area contributed by atoms with Crippen molar-refractivity contribution in [2.24, 2.45) is 27.7 Å². The molecule has 12 rings (SSSR count). The molecule has 14 heteroatoms. The lowest BCUT2D eigenvalue weighted by Gasteiger charge is -2.49. The predicted molar refractivity (Wildman–Crippen MR) is 206 cm³/mol. The lowest BCUT2D eigenvalue weighted by atomic mass is 9.74. The van der Waals surface area contributed by atoms with Crippen LogP contribution in [-0.4, -0.2) is 96.1 Å².